The highest BCUT2D eigenvalue weighted by Crippen LogP contribution is 2.43. The molecule has 0 saturated carbocycles. The van der Waals surface area contributed by atoms with Gasteiger partial charge in [0.05, 0.1) is 24.8 Å². The number of rotatable bonds is 5. The van der Waals surface area contributed by atoms with Crippen molar-refractivity contribution >= 4 is 21.8 Å². The highest BCUT2D eigenvalue weighted by molar-refractivity contribution is 6.14. The first-order chi connectivity index (χ1) is 15.2. The molecule has 0 aliphatic carbocycles. The number of phenolic OH excluding ortho intramolecular Hbond substituents is 1. The normalized spacial score (nSPS) is 14.9. The number of aromatic amines is 1. The molecule has 0 atom stereocenters. The zero-order valence-electron chi connectivity index (χ0n) is 17.7. The minimum absolute atomic E-state index is 0.220. The summed E-state index contributed by atoms with van der Waals surface area (Å²) in [4.78, 5) is 4.84. The molecular weight excluding hydrogens is 392 g/mol. The lowest BCUT2D eigenvalue weighted by atomic mass is 9.98. The van der Waals surface area contributed by atoms with Crippen LogP contribution in [0.3, 0.4) is 0 Å². The molecule has 1 fully saturated rings. The molecule has 2 aromatic carbocycles. The summed E-state index contributed by atoms with van der Waals surface area (Å²) >= 11 is 0. The highest BCUT2D eigenvalue weighted by Gasteiger charge is 2.22. The maximum absolute atomic E-state index is 9.72. The van der Waals surface area contributed by atoms with Crippen LogP contribution in [0.25, 0.3) is 33.1 Å². The summed E-state index contributed by atoms with van der Waals surface area (Å²) in [6.07, 6.45) is 2.21. The molecule has 31 heavy (non-hydrogen) atoms. The second-order valence-electron chi connectivity index (χ2n) is 8.08. The summed E-state index contributed by atoms with van der Waals surface area (Å²) in [5, 5.41) is 23.5. The van der Waals surface area contributed by atoms with Crippen LogP contribution < -0.4 is 14.8 Å². The Morgan fingerprint density at radius 1 is 1.06 bits per heavy atom. The lowest BCUT2D eigenvalue weighted by molar-refractivity contribution is 0.210. The Labute approximate surface area is 180 Å². The first-order valence-corrected chi connectivity index (χ1v) is 10.6. The Morgan fingerprint density at radius 3 is 2.58 bits per heavy atom. The van der Waals surface area contributed by atoms with E-state index in [1.807, 2.05) is 31.2 Å². The van der Waals surface area contributed by atoms with Crippen LogP contribution in [0.15, 0.2) is 36.4 Å². The van der Waals surface area contributed by atoms with Crippen molar-refractivity contribution in [3.63, 3.8) is 0 Å². The third-order valence-corrected chi connectivity index (χ3v) is 6.06. The first kappa shape index (κ1) is 19.6. The molecule has 0 amide bonds. The number of methoxy groups -OCH3 is 1. The lowest BCUT2D eigenvalue weighted by Gasteiger charge is -2.24. The van der Waals surface area contributed by atoms with Gasteiger partial charge in [0.15, 0.2) is 17.1 Å². The first-order valence-electron chi connectivity index (χ1n) is 10.6. The number of fused-ring (bicyclic) bond motifs is 3. The Kier molecular flexibility index (Phi) is 5.11. The molecule has 4 aromatic rings. The predicted molar refractivity (Wildman–Crippen MR) is 121 cm³/mol. The van der Waals surface area contributed by atoms with Gasteiger partial charge in [0.1, 0.15) is 5.75 Å². The van der Waals surface area contributed by atoms with Crippen LogP contribution in [-0.4, -0.2) is 47.1 Å². The topological polar surface area (TPSA) is 92.3 Å². The summed E-state index contributed by atoms with van der Waals surface area (Å²) in [6.45, 7) is 4.70. The van der Waals surface area contributed by atoms with Crippen molar-refractivity contribution in [3.8, 4) is 28.5 Å². The van der Waals surface area contributed by atoms with E-state index in [2.05, 4.69) is 15.5 Å². The van der Waals surface area contributed by atoms with E-state index in [1.54, 1.807) is 19.2 Å². The molecule has 2 aromatic heterocycles. The smallest absolute Gasteiger partial charge is 0.182 e. The van der Waals surface area contributed by atoms with Gasteiger partial charge in [-0.2, -0.15) is 5.10 Å². The van der Waals surface area contributed by atoms with Crippen LogP contribution >= 0.6 is 0 Å². The van der Waals surface area contributed by atoms with Crippen LogP contribution in [0.5, 0.6) is 17.2 Å². The molecule has 1 aliphatic heterocycles. The van der Waals surface area contributed by atoms with Gasteiger partial charge in [-0.1, -0.05) is 0 Å². The van der Waals surface area contributed by atoms with E-state index in [0.717, 1.165) is 64.8 Å². The molecule has 0 radical (unpaired) electrons. The van der Waals surface area contributed by atoms with Crippen molar-refractivity contribution in [3.05, 3.63) is 42.1 Å². The van der Waals surface area contributed by atoms with E-state index >= 15 is 0 Å². The molecule has 7 nitrogen and oxygen atoms in total. The minimum Gasteiger partial charge on any atom is -0.508 e. The molecule has 5 rings (SSSR count). The molecule has 3 heterocycles. The minimum atomic E-state index is 0.220. The number of piperidine rings is 1. The fraction of sp³-hybridized carbons (Fsp3) is 0.333. The summed E-state index contributed by atoms with van der Waals surface area (Å²) in [6, 6.07) is 11.0. The summed E-state index contributed by atoms with van der Waals surface area (Å²) in [7, 11) is 1.67. The molecule has 1 aliphatic rings. The third-order valence-electron chi connectivity index (χ3n) is 6.06. The van der Waals surface area contributed by atoms with Crippen LogP contribution in [0.1, 0.15) is 18.5 Å². The quantitative estimate of drug-likeness (QED) is 0.450. The molecule has 0 unspecified atom stereocenters. The average Bonchev–Trinajstić information content (AvgIpc) is 3.18. The van der Waals surface area contributed by atoms with Crippen molar-refractivity contribution in [2.45, 2.75) is 19.8 Å². The maximum Gasteiger partial charge on any atom is 0.182 e. The molecule has 3 N–H and O–H groups in total. The number of phenols is 1. The fourth-order valence-electron chi connectivity index (χ4n) is 4.36. The van der Waals surface area contributed by atoms with Gasteiger partial charge in [-0.25, -0.2) is 4.98 Å². The second-order valence-corrected chi connectivity index (χ2v) is 8.08. The van der Waals surface area contributed by atoms with E-state index < -0.39 is 0 Å². The molecule has 160 valence electrons. The van der Waals surface area contributed by atoms with Gasteiger partial charge < -0.3 is 19.9 Å². The van der Waals surface area contributed by atoms with Gasteiger partial charge in [0.2, 0.25) is 0 Å². The number of nitrogens with zero attached hydrogens (tertiary/aromatic N) is 2. The largest absolute Gasteiger partial charge is 0.508 e. The Hall–Kier alpha value is -3.32. The highest BCUT2D eigenvalue weighted by atomic mass is 16.5. The van der Waals surface area contributed by atoms with Crippen molar-refractivity contribution in [1.82, 2.24) is 20.5 Å². The van der Waals surface area contributed by atoms with Crippen molar-refractivity contribution in [1.29, 1.82) is 0 Å². The number of hydrogen-bond donors (Lipinski definition) is 3. The number of aromatic hydroxyl groups is 1. The van der Waals surface area contributed by atoms with Crippen LogP contribution in [0.2, 0.25) is 0 Å². The Bertz CT molecular complexity index is 1230. The van der Waals surface area contributed by atoms with E-state index in [9.17, 15) is 5.11 Å². The van der Waals surface area contributed by atoms with Gasteiger partial charge in [-0.3, -0.25) is 5.10 Å². The maximum atomic E-state index is 9.72. The number of benzene rings is 2. The number of nitrogens with one attached hydrogen (secondary N) is 2. The van der Waals surface area contributed by atoms with E-state index in [1.165, 1.54) is 0 Å². The summed E-state index contributed by atoms with van der Waals surface area (Å²) in [5.41, 5.74) is 3.26. The lowest BCUT2D eigenvalue weighted by Crippen LogP contribution is -2.30. The van der Waals surface area contributed by atoms with Gasteiger partial charge in [-0.05, 0) is 75.2 Å². The number of H-pyrrole nitrogens is 1. The Morgan fingerprint density at radius 2 is 1.84 bits per heavy atom. The van der Waals surface area contributed by atoms with Gasteiger partial charge in [0.25, 0.3) is 0 Å². The second kappa shape index (κ2) is 8.07. The fourth-order valence-corrected chi connectivity index (χ4v) is 4.36. The van der Waals surface area contributed by atoms with E-state index in [4.69, 9.17) is 14.5 Å². The van der Waals surface area contributed by atoms with Crippen LogP contribution in [0.4, 0.5) is 0 Å². The van der Waals surface area contributed by atoms with Crippen LogP contribution in [-0.2, 0) is 0 Å². The van der Waals surface area contributed by atoms with Crippen molar-refractivity contribution in [2.24, 2.45) is 5.92 Å². The zero-order chi connectivity index (χ0) is 21.4. The Balaban J connectivity index is 1.72. The number of pyridine rings is 1. The SMILES string of the molecule is COc1ccc2c(-c3ccc(O)cc3)nc3n[nH]c(C)c3c2c1OCC1CCNCC1. The summed E-state index contributed by atoms with van der Waals surface area (Å²) < 4.78 is 12.2. The van der Waals surface area contributed by atoms with Crippen molar-refractivity contribution < 1.29 is 14.6 Å². The van der Waals surface area contributed by atoms with Crippen LogP contribution in [0, 0.1) is 12.8 Å². The third kappa shape index (κ3) is 3.55. The molecular formula is C24H26N4O3. The molecule has 0 spiro atoms. The average molecular weight is 418 g/mol. The predicted octanol–water partition coefficient (Wildman–Crippen LogP) is 4.18. The van der Waals surface area contributed by atoms with Gasteiger partial charge >= 0.3 is 0 Å². The van der Waals surface area contributed by atoms with Gasteiger partial charge in [0, 0.05) is 22.0 Å². The van der Waals surface area contributed by atoms with E-state index in [-0.39, 0.29) is 5.75 Å². The standard InChI is InChI=1S/C24H26N4O3/c1-14-20-21-18(22(26-24(20)28-27-14)16-3-5-17(29)6-4-16)7-8-19(30-2)23(21)31-13-15-9-11-25-12-10-15/h3-8,15,25,29H,9-13H2,1-2H3,(H,26,27,28). The van der Waals surface area contributed by atoms with Gasteiger partial charge in [-0.15, -0.1) is 0 Å². The van der Waals surface area contributed by atoms with E-state index in [0.29, 0.717) is 23.9 Å². The zero-order valence-corrected chi connectivity index (χ0v) is 17.7. The molecule has 1 saturated heterocycles. The summed E-state index contributed by atoms with van der Waals surface area (Å²) in [5.74, 6) is 2.17. The molecule has 7 heteroatoms. The number of ether oxygens (including phenoxy) is 2. The monoisotopic (exact) mass is 418 g/mol. The number of hydrogen-bond acceptors (Lipinski definition) is 6. The number of aryl methyl sites for hydroxylation is 1. The number of aromatic nitrogens is 3. The molecule has 0 bridgehead atoms. The van der Waals surface area contributed by atoms with Crippen molar-refractivity contribution in [2.75, 3.05) is 26.8 Å².